The van der Waals surface area contributed by atoms with Crippen LogP contribution in [0, 0.1) is 0 Å². The van der Waals surface area contributed by atoms with E-state index in [4.69, 9.17) is 5.73 Å². The second kappa shape index (κ2) is 6.31. The lowest BCUT2D eigenvalue weighted by Gasteiger charge is -2.13. The largest absolute Gasteiger partial charge is 0.330 e. The maximum atomic E-state index is 11.2. The highest BCUT2D eigenvalue weighted by Crippen LogP contribution is 1.95. The number of carbonyl (C=O) groups is 1. The molecule has 0 rings (SSSR count). The number of Topliss-reactive ketones (excluding diaryl/α,β-unsaturated/α-hetero) is 1. The average Bonchev–Trinajstić information content (AvgIpc) is 2.03. The van der Waals surface area contributed by atoms with Gasteiger partial charge in [-0.1, -0.05) is 13.8 Å². The first kappa shape index (κ1) is 10.6. The molecule has 0 aromatic carbocycles. The van der Waals surface area contributed by atoms with Gasteiger partial charge in [0, 0.05) is 6.42 Å². The molecule has 0 heterocycles. The Morgan fingerprint density at radius 1 is 1.55 bits per heavy atom. The molecule has 66 valence electrons. The number of likely N-dealkylation sites (N-methyl/N-ethyl adjacent to an activating group) is 1. The monoisotopic (exact) mass is 158 g/mol. The fourth-order valence-corrected chi connectivity index (χ4v) is 1.04. The molecule has 0 spiro atoms. The van der Waals surface area contributed by atoms with Gasteiger partial charge < -0.3 is 11.1 Å². The molecule has 0 aliphatic heterocycles. The van der Waals surface area contributed by atoms with Crippen molar-refractivity contribution in [2.75, 3.05) is 13.1 Å². The summed E-state index contributed by atoms with van der Waals surface area (Å²) in [4.78, 5) is 11.2. The Morgan fingerprint density at radius 3 is 2.55 bits per heavy atom. The Balaban J connectivity index is 3.76. The smallest absolute Gasteiger partial charge is 0.149 e. The standard InChI is InChI=1S/C8H18N2O/c1-3-8(11)7(5-6-9)10-4-2/h7,10H,3-6,9H2,1-2H3/t7-/m0/s1. The molecule has 0 aromatic heterocycles. The number of nitrogens with two attached hydrogens (primary N) is 1. The molecule has 3 N–H and O–H groups in total. The van der Waals surface area contributed by atoms with Crippen LogP contribution in [0.15, 0.2) is 0 Å². The zero-order valence-electron chi connectivity index (χ0n) is 7.39. The van der Waals surface area contributed by atoms with E-state index < -0.39 is 0 Å². The second-order valence-electron chi connectivity index (χ2n) is 2.51. The average molecular weight is 158 g/mol. The highest BCUT2D eigenvalue weighted by atomic mass is 16.1. The fraction of sp³-hybridized carbons (Fsp3) is 0.875. The summed E-state index contributed by atoms with van der Waals surface area (Å²) < 4.78 is 0. The summed E-state index contributed by atoms with van der Waals surface area (Å²) >= 11 is 0. The van der Waals surface area contributed by atoms with E-state index in [2.05, 4.69) is 5.32 Å². The molecule has 0 aromatic rings. The zero-order valence-corrected chi connectivity index (χ0v) is 7.39. The lowest BCUT2D eigenvalue weighted by Crippen LogP contribution is -2.37. The predicted molar refractivity (Wildman–Crippen MR) is 46.4 cm³/mol. The molecular weight excluding hydrogens is 140 g/mol. The minimum atomic E-state index is -0.0185. The number of rotatable bonds is 6. The maximum absolute atomic E-state index is 11.2. The molecule has 0 bridgehead atoms. The summed E-state index contributed by atoms with van der Waals surface area (Å²) in [5.74, 6) is 0.261. The maximum Gasteiger partial charge on any atom is 0.149 e. The number of nitrogens with one attached hydrogen (secondary N) is 1. The first-order valence-electron chi connectivity index (χ1n) is 4.22. The van der Waals surface area contributed by atoms with Gasteiger partial charge in [0.2, 0.25) is 0 Å². The van der Waals surface area contributed by atoms with Crippen LogP contribution in [0.3, 0.4) is 0 Å². The van der Waals surface area contributed by atoms with Crippen molar-refractivity contribution in [3.05, 3.63) is 0 Å². The Hall–Kier alpha value is -0.410. The third-order valence-corrected chi connectivity index (χ3v) is 1.64. The molecule has 0 amide bonds. The molecule has 3 heteroatoms. The number of hydrogen-bond donors (Lipinski definition) is 2. The van der Waals surface area contributed by atoms with E-state index in [0.717, 1.165) is 13.0 Å². The summed E-state index contributed by atoms with van der Waals surface area (Å²) in [6, 6.07) is -0.0185. The zero-order chi connectivity index (χ0) is 8.69. The molecule has 0 aliphatic rings. The molecule has 0 fully saturated rings. The van der Waals surface area contributed by atoms with Crippen LogP contribution in [0.4, 0.5) is 0 Å². The van der Waals surface area contributed by atoms with E-state index in [0.29, 0.717) is 13.0 Å². The SMILES string of the molecule is CCN[C@@H](CCN)C(=O)CC. The highest BCUT2D eigenvalue weighted by Gasteiger charge is 2.12. The van der Waals surface area contributed by atoms with Crippen LogP contribution in [-0.2, 0) is 4.79 Å². The van der Waals surface area contributed by atoms with Crippen LogP contribution in [0.25, 0.3) is 0 Å². The first-order chi connectivity index (χ1) is 5.26. The molecule has 0 unspecified atom stereocenters. The van der Waals surface area contributed by atoms with Gasteiger partial charge in [-0.3, -0.25) is 4.79 Å². The third kappa shape index (κ3) is 4.11. The van der Waals surface area contributed by atoms with E-state index in [1.165, 1.54) is 0 Å². The summed E-state index contributed by atoms with van der Waals surface area (Å²) in [6.45, 7) is 5.27. The van der Waals surface area contributed by atoms with Crippen molar-refractivity contribution < 1.29 is 4.79 Å². The van der Waals surface area contributed by atoms with E-state index in [1.54, 1.807) is 0 Å². The lowest BCUT2D eigenvalue weighted by molar-refractivity contribution is -0.120. The number of ketones is 1. The minimum Gasteiger partial charge on any atom is -0.330 e. The van der Waals surface area contributed by atoms with Gasteiger partial charge in [-0.2, -0.15) is 0 Å². The van der Waals surface area contributed by atoms with Crippen LogP contribution in [0.1, 0.15) is 26.7 Å². The van der Waals surface area contributed by atoms with Gasteiger partial charge in [-0.25, -0.2) is 0 Å². The minimum absolute atomic E-state index is 0.0185. The van der Waals surface area contributed by atoms with Gasteiger partial charge in [0.05, 0.1) is 6.04 Å². The van der Waals surface area contributed by atoms with Crippen molar-refractivity contribution in [3.63, 3.8) is 0 Å². The Morgan fingerprint density at radius 2 is 2.18 bits per heavy atom. The number of carbonyl (C=O) groups excluding carboxylic acids is 1. The van der Waals surface area contributed by atoms with Crippen molar-refractivity contribution >= 4 is 5.78 Å². The van der Waals surface area contributed by atoms with Gasteiger partial charge in [-0.05, 0) is 19.5 Å². The van der Waals surface area contributed by atoms with E-state index in [1.807, 2.05) is 13.8 Å². The van der Waals surface area contributed by atoms with Gasteiger partial charge >= 0.3 is 0 Å². The summed E-state index contributed by atoms with van der Waals surface area (Å²) in [7, 11) is 0. The molecule has 0 radical (unpaired) electrons. The molecule has 0 saturated carbocycles. The molecule has 1 atom stereocenters. The van der Waals surface area contributed by atoms with Crippen LogP contribution < -0.4 is 11.1 Å². The fourth-order valence-electron chi connectivity index (χ4n) is 1.04. The van der Waals surface area contributed by atoms with Crippen molar-refractivity contribution in [3.8, 4) is 0 Å². The van der Waals surface area contributed by atoms with E-state index >= 15 is 0 Å². The predicted octanol–water partition coefficient (Wildman–Crippen LogP) is 0.292. The van der Waals surface area contributed by atoms with E-state index in [9.17, 15) is 4.79 Å². The molecule has 0 aliphatic carbocycles. The summed E-state index contributed by atoms with van der Waals surface area (Å²) in [5, 5.41) is 3.10. The van der Waals surface area contributed by atoms with Gasteiger partial charge in [-0.15, -0.1) is 0 Å². The molecule has 3 nitrogen and oxygen atoms in total. The van der Waals surface area contributed by atoms with Crippen LogP contribution in [0.2, 0.25) is 0 Å². The summed E-state index contributed by atoms with van der Waals surface area (Å²) in [6.07, 6.45) is 1.35. The van der Waals surface area contributed by atoms with Crippen LogP contribution in [0.5, 0.6) is 0 Å². The molecule has 0 saturated heterocycles. The van der Waals surface area contributed by atoms with Gasteiger partial charge in [0.1, 0.15) is 5.78 Å². The van der Waals surface area contributed by atoms with Crippen molar-refractivity contribution in [1.82, 2.24) is 5.32 Å². The Bertz CT molecular complexity index is 109. The Kier molecular flexibility index (Phi) is 6.07. The van der Waals surface area contributed by atoms with Crippen LogP contribution >= 0.6 is 0 Å². The topological polar surface area (TPSA) is 55.1 Å². The van der Waals surface area contributed by atoms with Gasteiger partial charge in [0.15, 0.2) is 0 Å². The molecular formula is C8H18N2O. The number of hydrogen-bond acceptors (Lipinski definition) is 3. The second-order valence-corrected chi connectivity index (χ2v) is 2.51. The quantitative estimate of drug-likeness (QED) is 0.584. The van der Waals surface area contributed by atoms with Gasteiger partial charge in [0.25, 0.3) is 0 Å². The third-order valence-electron chi connectivity index (χ3n) is 1.64. The normalized spacial score (nSPS) is 13.0. The van der Waals surface area contributed by atoms with Crippen molar-refractivity contribution in [2.24, 2.45) is 5.73 Å². The van der Waals surface area contributed by atoms with E-state index in [-0.39, 0.29) is 11.8 Å². The first-order valence-corrected chi connectivity index (χ1v) is 4.22. The summed E-state index contributed by atoms with van der Waals surface area (Å²) in [5.41, 5.74) is 5.36. The Labute approximate surface area is 68.3 Å². The van der Waals surface area contributed by atoms with Crippen molar-refractivity contribution in [1.29, 1.82) is 0 Å². The highest BCUT2D eigenvalue weighted by molar-refractivity contribution is 5.83. The molecule has 11 heavy (non-hydrogen) atoms. The van der Waals surface area contributed by atoms with Crippen molar-refractivity contribution in [2.45, 2.75) is 32.7 Å². The lowest BCUT2D eigenvalue weighted by atomic mass is 10.1. The van der Waals surface area contributed by atoms with Crippen LogP contribution in [-0.4, -0.2) is 24.9 Å².